The lowest BCUT2D eigenvalue weighted by atomic mass is 9.93. The van der Waals surface area contributed by atoms with Gasteiger partial charge in [-0.05, 0) is 88.8 Å². The molecule has 10 nitrogen and oxygen atoms in total. The average Bonchev–Trinajstić information content (AvgIpc) is 3.20. The van der Waals surface area contributed by atoms with Crippen LogP contribution in [0.3, 0.4) is 0 Å². The van der Waals surface area contributed by atoms with Crippen molar-refractivity contribution in [3.63, 3.8) is 0 Å². The Morgan fingerprint density at radius 3 is 1.58 bits per heavy atom. The molecule has 4 aromatic carbocycles. The molecule has 2 aliphatic heterocycles. The first-order valence-corrected chi connectivity index (χ1v) is 20.1. The van der Waals surface area contributed by atoms with Crippen LogP contribution in [-0.4, -0.2) is 114 Å². The Kier molecular flexibility index (Phi) is 15.4. The number of carbonyl (C=O) groups is 3. The summed E-state index contributed by atoms with van der Waals surface area (Å²) < 4.78 is 5.68. The predicted molar refractivity (Wildman–Crippen MR) is 227 cm³/mol. The first-order chi connectivity index (χ1) is 27.3. The van der Waals surface area contributed by atoms with E-state index in [4.69, 9.17) is 4.74 Å². The highest BCUT2D eigenvalue weighted by Gasteiger charge is 2.39. The molecule has 3 amide bonds. The summed E-state index contributed by atoms with van der Waals surface area (Å²) in [6, 6.07) is 35.9. The van der Waals surface area contributed by atoms with Gasteiger partial charge in [0.05, 0.1) is 12.6 Å². The first-order valence-electron chi connectivity index (χ1n) is 20.1. The van der Waals surface area contributed by atoms with Gasteiger partial charge in [0.15, 0.2) is 0 Å². The number of likely N-dealkylation sites (N-methyl/N-ethyl adjacent to an activating group) is 2. The third kappa shape index (κ3) is 13.0. The van der Waals surface area contributed by atoms with Gasteiger partial charge in [-0.25, -0.2) is 4.79 Å². The summed E-state index contributed by atoms with van der Waals surface area (Å²) >= 11 is 0. The van der Waals surface area contributed by atoms with Crippen LogP contribution in [0, 0.1) is 0 Å². The number of amides is 3. The molecule has 4 aromatic rings. The van der Waals surface area contributed by atoms with E-state index in [9.17, 15) is 14.4 Å². The van der Waals surface area contributed by atoms with E-state index in [0.29, 0.717) is 32.6 Å². The largest absolute Gasteiger partial charge is 0.444 e. The minimum atomic E-state index is -0.629. The topological polar surface area (TPSA) is 88.7 Å². The zero-order chi connectivity index (χ0) is 41.0. The number of hydrogen-bond acceptors (Lipinski definition) is 7. The Bertz CT molecular complexity index is 1890. The molecule has 0 aliphatic carbocycles. The Morgan fingerprint density at radius 1 is 0.614 bits per heavy atom. The SMILES string of the molecule is CN(C)CCN(Cc1ccccc1)C(=O)[C@@H]1Cc2ccccc2CN1.CN(C)CCN(Cc1ccccc1)C(=O)[C@@H]1Cc2ccccc2CN1C(=O)OC(C)(C)C. The second-order valence-corrected chi connectivity index (χ2v) is 16.6. The molecule has 6 rings (SSSR count). The van der Waals surface area contributed by atoms with Crippen molar-refractivity contribution in [2.75, 3.05) is 54.4 Å². The molecule has 0 bridgehead atoms. The molecular weight excluding hydrogens is 713 g/mol. The Hall–Kier alpha value is -5.03. The summed E-state index contributed by atoms with van der Waals surface area (Å²) in [5, 5.41) is 3.42. The van der Waals surface area contributed by atoms with Crippen molar-refractivity contribution in [1.29, 1.82) is 0 Å². The molecule has 2 aliphatic rings. The van der Waals surface area contributed by atoms with Gasteiger partial charge in [0.2, 0.25) is 11.8 Å². The van der Waals surface area contributed by atoms with Crippen LogP contribution < -0.4 is 5.32 Å². The molecule has 0 unspecified atom stereocenters. The van der Waals surface area contributed by atoms with Crippen molar-refractivity contribution in [1.82, 2.24) is 29.8 Å². The molecule has 0 radical (unpaired) electrons. The molecule has 0 saturated carbocycles. The van der Waals surface area contributed by atoms with Gasteiger partial charge in [-0.2, -0.15) is 0 Å². The van der Waals surface area contributed by atoms with E-state index in [-0.39, 0.29) is 17.9 Å². The summed E-state index contributed by atoms with van der Waals surface area (Å²) in [5.74, 6) is 0.149. The van der Waals surface area contributed by atoms with Crippen LogP contribution in [0.1, 0.15) is 54.2 Å². The second-order valence-electron chi connectivity index (χ2n) is 16.6. The first kappa shape index (κ1) is 43.1. The molecular formula is C47H62N6O4. The molecule has 304 valence electrons. The Balaban J connectivity index is 0.000000224. The summed E-state index contributed by atoms with van der Waals surface area (Å²) in [5.41, 5.74) is 6.37. The summed E-state index contributed by atoms with van der Waals surface area (Å²) in [4.78, 5) is 49.8. The van der Waals surface area contributed by atoms with Crippen LogP contribution in [0.2, 0.25) is 0 Å². The number of nitrogens with one attached hydrogen (secondary N) is 1. The molecule has 0 fully saturated rings. The van der Waals surface area contributed by atoms with Crippen LogP contribution in [0.4, 0.5) is 4.79 Å². The van der Waals surface area contributed by atoms with Gasteiger partial charge in [-0.15, -0.1) is 0 Å². The van der Waals surface area contributed by atoms with Crippen LogP contribution in [-0.2, 0) is 53.3 Å². The lowest BCUT2D eigenvalue weighted by Gasteiger charge is -2.39. The standard InChI is InChI=1S/C26H35N3O3.C21H27N3O/c1-26(2,3)32-25(31)29-19-22-14-10-9-13-21(22)17-23(29)24(30)28(16-15-27(4)5)18-20-11-7-6-8-12-20;1-23(2)12-13-24(16-17-8-4-3-5-9-17)21(25)20-14-18-10-6-7-11-19(18)15-22-20/h6-14,23H,15-19H2,1-5H3;3-11,20,22H,12-16H2,1-2H3/t23-;20-/m00/s1. The van der Waals surface area contributed by atoms with E-state index in [1.807, 2.05) is 132 Å². The fourth-order valence-electron chi connectivity index (χ4n) is 7.10. The lowest BCUT2D eigenvalue weighted by molar-refractivity contribution is -0.138. The van der Waals surface area contributed by atoms with E-state index >= 15 is 0 Å². The maximum atomic E-state index is 13.9. The second kappa shape index (κ2) is 20.4. The highest BCUT2D eigenvalue weighted by molar-refractivity contribution is 5.87. The van der Waals surface area contributed by atoms with Crippen molar-refractivity contribution < 1.29 is 19.1 Å². The van der Waals surface area contributed by atoms with Gasteiger partial charge < -0.3 is 29.7 Å². The summed E-state index contributed by atoms with van der Waals surface area (Å²) in [6.45, 7) is 10.8. The van der Waals surface area contributed by atoms with E-state index in [1.165, 1.54) is 16.7 Å². The summed E-state index contributed by atoms with van der Waals surface area (Å²) in [7, 11) is 8.07. The van der Waals surface area contributed by atoms with E-state index in [1.54, 1.807) is 4.90 Å². The van der Waals surface area contributed by atoms with Crippen LogP contribution in [0.15, 0.2) is 109 Å². The van der Waals surface area contributed by atoms with Gasteiger partial charge in [0, 0.05) is 52.2 Å². The molecule has 0 saturated heterocycles. The van der Waals surface area contributed by atoms with Crippen molar-refractivity contribution >= 4 is 17.9 Å². The molecule has 1 N–H and O–H groups in total. The van der Waals surface area contributed by atoms with Crippen molar-refractivity contribution in [3.8, 4) is 0 Å². The minimum absolute atomic E-state index is 0.0453. The number of rotatable bonds is 12. The normalized spacial score (nSPS) is 16.2. The van der Waals surface area contributed by atoms with Crippen molar-refractivity contribution in [3.05, 3.63) is 143 Å². The molecule has 57 heavy (non-hydrogen) atoms. The monoisotopic (exact) mass is 774 g/mol. The van der Waals surface area contributed by atoms with E-state index in [2.05, 4.69) is 51.5 Å². The number of fused-ring (bicyclic) bond motifs is 2. The van der Waals surface area contributed by atoms with Gasteiger partial charge in [-0.1, -0.05) is 109 Å². The predicted octanol–water partition coefficient (Wildman–Crippen LogP) is 6.23. The molecule has 2 heterocycles. The fourth-order valence-corrected chi connectivity index (χ4v) is 7.10. The van der Waals surface area contributed by atoms with Gasteiger partial charge in [0.1, 0.15) is 11.6 Å². The average molecular weight is 775 g/mol. The van der Waals surface area contributed by atoms with E-state index in [0.717, 1.165) is 49.3 Å². The van der Waals surface area contributed by atoms with Gasteiger partial charge in [0.25, 0.3) is 0 Å². The quantitative estimate of drug-likeness (QED) is 0.183. The number of carbonyl (C=O) groups excluding carboxylic acids is 3. The maximum Gasteiger partial charge on any atom is 0.411 e. The smallest absolute Gasteiger partial charge is 0.411 e. The van der Waals surface area contributed by atoms with Crippen molar-refractivity contribution in [2.24, 2.45) is 0 Å². The third-order valence-corrected chi connectivity index (χ3v) is 10.2. The summed E-state index contributed by atoms with van der Waals surface area (Å²) in [6.07, 6.45) is 0.807. The number of nitrogens with zero attached hydrogens (tertiary/aromatic N) is 5. The van der Waals surface area contributed by atoms with E-state index < -0.39 is 17.7 Å². The molecule has 2 atom stereocenters. The Labute approximate surface area is 340 Å². The molecule has 0 aromatic heterocycles. The number of benzene rings is 4. The molecule has 10 heteroatoms. The lowest BCUT2D eigenvalue weighted by Crippen LogP contribution is -2.55. The van der Waals surface area contributed by atoms with Gasteiger partial charge >= 0.3 is 6.09 Å². The zero-order valence-corrected chi connectivity index (χ0v) is 35.0. The maximum absolute atomic E-state index is 13.9. The van der Waals surface area contributed by atoms with Crippen LogP contribution in [0.25, 0.3) is 0 Å². The highest BCUT2D eigenvalue weighted by atomic mass is 16.6. The Morgan fingerprint density at radius 2 is 1.07 bits per heavy atom. The number of ether oxygens (including phenoxy) is 1. The third-order valence-electron chi connectivity index (χ3n) is 10.2. The molecule has 0 spiro atoms. The van der Waals surface area contributed by atoms with Gasteiger partial charge in [-0.3, -0.25) is 14.5 Å². The van der Waals surface area contributed by atoms with Crippen LogP contribution >= 0.6 is 0 Å². The number of hydrogen-bond donors (Lipinski definition) is 1. The van der Waals surface area contributed by atoms with Crippen LogP contribution in [0.5, 0.6) is 0 Å². The highest BCUT2D eigenvalue weighted by Crippen LogP contribution is 2.27. The zero-order valence-electron chi connectivity index (χ0n) is 35.0. The minimum Gasteiger partial charge on any atom is -0.444 e. The van der Waals surface area contributed by atoms with Crippen molar-refractivity contribution in [2.45, 2.75) is 77.5 Å². The fraction of sp³-hybridized carbons (Fsp3) is 0.426.